The Labute approximate surface area is 183 Å². The molecule has 6 rings (SSSR count). The van der Waals surface area contributed by atoms with Crippen molar-refractivity contribution in [2.45, 2.75) is 18.1 Å². The van der Waals surface area contributed by atoms with Crippen LogP contribution in [0.3, 0.4) is 0 Å². The van der Waals surface area contributed by atoms with Gasteiger partial charge in [-0.05, 0) is 11.1 Å². The molecule has 6 nitrogen and oxygen atoms in total. The lowest BCUT2D eigenvalue weighted by atomic mass is 9.93. The second kappa shape index (κ2) is 9.29. The fourth-order valence-corrected chi connectivity index (χ4v) is 4.23. The van der Waals surface area contributed by atoms with Crippen LogP contribution in [0.5, 0.6) is 0 Å². The summed E-state index contributed by atoms with van der Waals surface area (Å²) in [4.78, 5) is 10.7. The topological polar surface area (TPSA) is 50.9 Å². The third-order valence-electron chi connectivity index (χ3n) is 6.14. The number of hydrogen-bond donors (Lipinski definition) is 1. The molecule has 31 heavy (non-hydrogen) atoms. The van der Waals surface area contributed by atoms with Crippen molar-refractivity contribution < 1.29 is 0 Å². The zero-order valence-electron chi connectivity index (χ0n) is 17.5. The molecule has 0 saturated carbocycles. The Morgan fingerprint density at radius 2 is 1.23 bits per heavy atom. The minimum Gasteiger partial charge on any atom is -0.332 e. The lowest BCUT2D eigenvalue weighted by Crippen LogP contribution is -2.49. The summed E-state index contributed by atoms with van der Waals surface area (Å²) >= 11 is 0. The van der Waals surface area contributed by atoms with Crippen LogP contribution in [0.25, 0.3) is 0 Å². The van der Waals surface area contributed by atoms with Crippen LogP contribution >= 0.6 is 0 Å². The van der Waals surface area contributed by atoms with Gasteiger partial charge in [-0.1, -0.05) is 60.7 Å². The van der Waals surface area contributed by atoms with Gasteiger partial charge in [0.2, 0.25) is 0 Å². The number of nitrogens with one attached hydrogen (secondary N) is 1. The normalized spacial score (nSPS) is 16.9. The number of benzene rings is 2. The molecule has 0 atom stereocenters. The molecule has 2 aliphatic rings. The highest BCUT2D eigenvalue weighted by atomic mass is 15.3. The summed E-state index contributed by atoms with van der Waals surface area (Å²) in [5.74, 6) is 0. The van der Waals surface area contributed by atoms with E-state index in [-0.39, 0.29) is 0 Å². The van der Waals surface area contributed by atoms with E-state index in [0.717, 1.165) is 26.2 Å². The highest BCUT2D eigenvalue weighted by molar-refractivity contribution is 5.32. The lowest BCUT2D eigenvalue weighted by Gasteiger charge is -2.45. The first kappa shape index (κ1) is 19.7. The number of aromatic nitrogens is 4. The number of hydrogen-bond acceptors (Lipinski definition) is 4. The molecule has 6 heteroatoms. The van der Waals surface area contributed by atoms with Crippen molar-refractivity contribution in [1.29, 1.82) is 0 Å². The Morgan fingerprint density at radius 3 is 1.65 bits per heavy atom. The summed E-state index contributed by atoms with van der Waals surface area (Å²) in [6, 6.07) is 23.1. The van der Waals surface area contributed by atoms with Crippen LogP contribution in [0.4, 0.5) is 0 Å². The highest BCUT2D eigenvalue weighted by Gasteiger charge is 2.34. The van der Waals surface area contributed by atoms with Crippen molar-refractivity contribution in [3.05, 3.63) is 109 Å². The van der Waals surface area contributed by atoms with E-state index in [2.05, 4.69) is 96.2 Å². The van der Waals surface area contributed by atoms with E-state index in [0.29, 0.717) is 18.1 Å². The molecule has 2 aromatic carbocycles. The zero-order chi connectivity index (χ0) is 20.9. The number of likely N-dealkylation sites (tertiary alicyclic amines) is 1. The van der Waals surface area contributed by atoms with Gasteiger partial charge in [0.1, 0.15) is 0 Å². The monoisotopic (exact) mass is 412 g/mol. The number of imidazole rings is 2. The molecule has 0 radical (unpaired) electrons. The van der Waals surface area contributed by atoms with E-state index in [4.69, 9.17) is 0 Å². The van der Waals surface area contributed by atoms with E-state index < -0.39 is 0 Å². The largest absolute Gasteiger partial charge is 0.332 e. The molecule has 0 amide bonds. The molecule has 2 aromatic heterocycles. The van der Waals surface area contributed by atoms with Gasteiger partial charge in [0.25, 0.3) is 0 Å². The van der Waals surface area contributed by atoms with Crippen LogP contribution in [0.2, 0.25) is 0 Å². The van der Waals surface area contributed by atoms with E-state index in [9.17, 15) is 0 Å². The van der Waals surface area contributed by atoms with Crippen molar-refractivity contribution in [3.63, 3.8) is 0 Å². The van der Waals surface area contributed by atoms with Crippen molar-refractivity contribution in [1.82, 2.24) is 29.3 Å². The molecule has 2 aliphatic heterocycles. The zero-order valence-corrected chi connectivity index (χ0v) is 17.5. The van der Waals surface area contributed by atoms with Crippen molar-refractivity contribution in [3.8, 4) is 0 Å². The molecular formula is C25H28N6. The Bertz CT molecular complexity index is 981. The lowest BCUT2D eigenvalue weighted by molar-refractivity contribution is 0.0751. The maximum absolute atomic E-state index is 4.16. The maximum Gasteiger partial charge on any atom is 0.0949 e. The first-order valence-electron chi connectivity index (χ1n) is 10.9. The van der Waals surface area contributed by atoms with Crippen LogP contribution in [-0.4, -0.2) is 50.2 Å². The van der Waals surface area contributed by atoms with Crippen LogP contribution in [-0.2, 0) is 0 Å². The van der Waals surface area contributed by atoms with E-state index in [1.54, 1.807) is 0 Å². The Balaban J connectivity index is 0.000000189. The van der Waals surface area contributed by atoms with Gasteiger partial charge < -0.3 is 14.5 Å². The molecule has 2 fully saturated rings. The molecule has 4 heterocycles. The maximum atomic E-state index is 4.16. The number of nitrogens with zero attached hydrogens (tertiary/aromatic N) is 5. The first-order valence-corrected chi connectivity index (χ1v) is 10.9. The first-order chi connectivity index (χ1) is 15.4. The fraction of sp³-hybridized carbons (Fsp3) is 0.280. The molecule has 0 bridgehead atoms. The molecule has 1 N–H and O–H groups in total. The second-order valence-electron chi connectivity index (χ2n) is 8.16. The molecule has 2 saturated heterocycles. The van der Waals surface area contributed by atoms with Gasteiger partial charge in [0, 0.05) is 51.0 Å². The SMILES string of the molecule is c1ccc(C(c2ccccc2)N2CC(n3ccnc3)C2)cc1.c1cn(C2CNC2)cn1. The molecule has 158 valence electrons. The van der Waals surface area contributed by atoms with Crippen LogP contribution in [0.1, 0.15) is 29.3 Å². The minimum absolute atomic E-state index is 0.335. The summed E-state index contributed by atoms with van der Waals surface area (Å²) in [7, 11) is 0. The minimum atomic E-state index is 0.335. The molecular weight excluding hydrogens is 384 g/mol. The third kappa shape index (κ3) is 4.45. The molecule has 0 unspecified atom stereocenters. The Morgan fingerprint density at radius 1 is 0.710 bits per heavy atom. The van der Waals surface area contributed by atoms with Gasteiger partial charge in [0.15, 0.2) is 0 Å². The van der Waals surface area contributed by atoms with Gasteiger partial charge in [-0.15, -0.1) is 0 Å². The van der Waals surface area contributed by atoms with Crippen molar-refractivity contribution in [2.75, 3.05) is 26.2 Å². The van der Waals surface area contributed by atoms with E-state index in [1.165, 1.54) is 11.1 Å². The van der Waals surface area contributed by atoms with Crippen molar-refractivity contribution in [2.24, 2.45) is 0 Å². The van der Waals surface area contributed by atoms with Crippen LogP contribution in [0, 0.1) is 0 Å². The van der Waals surface area contributed by atoms with Gasteiger partial charge >= 0.3 is 0 Å². The standard InChI is InChI=1S/C19H19N3.C6H9N3/c1-3-7-16(8-4-1)19(17-9-5-2-6-10-17)22-13-18(14-22)21-12-11-20-15-21;1-2-9(5-7-1)6-3-8-4-6/h1-12,15,18-19H,13-14H2;1-2,5-6,8H,3-4H2. The van der Waals surface area contributed by atoms with Crippen molar-refractivity contribution >= 4 is 0 Å². The average Bonchev–Trinajstić information content (AvgIpc) is 3.45. The van der Waals surface area contributed by atoms with Gasteiger partial charge in [-0.3, -0.25) is 4.90 Å². The van der Waals surface area contributed by atoms with Gasteiger partial charge in [-0.2, -0.15) is 0 Å². The smallest absolute Gasteiger partial charge is 0.0949 e. The summed E-state index contributed by atoms with van der Waals surface area (Å²) in [6.07, 6.45) is 11.5. The number of rotatable bonds is 5. The molecule has 0 aliphatic carbocycles. The second-order valence-corrected chi connectivity index (χ2v) is 8.16. The predicted molar refractivity (Wildman–Crippen MR) is 122 cm³/mol. The predicted octanol–water partition coefficient (Wildman–Crippen LogP) is 3.56. The van der Waals surface area contributed by atoms with E-state index in [1.807, 2.05) is 31.2 Å². The summed E-state index contributed by atoms with van der Waals surface area (Å²) in [6.45, 7) is 4.31. The average molecular weight is 413 g/mol. The summed E-state index contributed by atoms with van der Waals surface area (Å²) < 4.78 is 4.35. The van der Waals surface area contributed by atoms with Crippen LogP contribution < -0.4 is 5.32 Å². The summed E-state index contributed by atoms with van der Waals surface area (Å²) in [5, 5.41) is 3.20. The van der Waals surface area contributed by atoms with E-state index >= 15 is 0 Å². The third-order valence-corrected chi connectivity index (χ3v) is 6.14. The highest BCUT2D eigenvalue weighted by Crippen LogP contribution is 2.35. The molecule has 0 spiro atoms. The van der Waals surface area contributed by atoms with Gasteiger partial charge in [-0.25, -0.2) is 9.97 Å². The van der Waals surface area contributed by atoms with Gasteiger partial charge in [0.05, 0.1) is 30.8 Å². The Kier molecular flexibility index (Phi) is 5.91. The van der Waals surface area contributed by atoms with Crippen LogP contribution in [0.15, 0.2) is 98.1 Å². The Hall–Kier alpha value is -3.22. The quantitative estimate of drug-likeness (QED) is 0.545. The fourth-order valence-electron chi connectivity index (χ4n) is 4.23. The summed E-state index contributed by atoms with van der Waals surface area (Å²) in [5.41, 5.74) is 2.72. The molecule has 4 aromatic rings.